The highest BCUT2D eigenvalue weighted by atomic mass is 16.8. The number of hydrogen-bond acceptors (Lipinski definition) is 6. The van der Waals surface area contributed by atoms with Crippen LogP contribution >= 0.6 is 0 Å². The maximum Gasteiger partial charge on any atom is 0.311 e. The first-order chi connectivity index (χ1) is 12.2. The Morgan fingerprint density at radius 1 is 1.19 bits per heavy atom. The van der Waals surface area contributed by atoms with E-state index in [0.717, 1.165) is 0 Å². The van der Waals surface area contributed by atoms with E-state index in [-0.39, 0.29) is 47.1 Å². The summed E-state index contributed by atoms with van der Waals surface area (Å²) in [5.74, 6) is -2.12. The van der Waals surface area contributed by atoms with E-state index >= 15 is 0 Å². The van der Waals surface area contributed by atoms with E-state index in [4.69, 9.17) is 14.2 Å². The van der Waals surface area contributed by atoms with Crippen LogP contribution in [0.25, 0.3) is 0 Å². The van der Waals surface area contributed by atoms with Crippen molar-refractivity contribution >= 4 is 17.5 Å². The number of fused-ring (bicyclic) bond motifs is 9. The van der Waals surface area contributed by atoms with Gasteiger partial charge >= 0.3 is 5.97 Å². The van der Waals surface area contributed by atoms with Gasteiger partial charge in [-0.25, -0.2) is 0 Å². The molecule has 0 amide bonds. The van der Waals surface area contributed by atoms with Crippen molar-refractivity contribution in [2.75, 3.05) is 6.61 Å². The zero-order valence-electron chi connectivity index (χ0n) is 15.6. The van der Waals surface area contributed by atoms with Gasteiger partial charge in [0.2, 0.25) is 6.29 Å². The standard InChI is InChI=1S/C20H26O6/c1-5-24-20(3,4)26-9(2)25-19(23)13-8-12-14-10-6-7-11(17(10)21)15(14)16(13)18(12)22/h6-7,9-16H,5,8H2,1-4H3. The highest BCUT2D eigenvalue weighted by Crippen LogP contribution is 2.64. The number of ether oxygens (including phenoxy) is 3. The first kappa shape index (κ1) is 17.9. The number of carbonyl (C=O) groups excluding carboxylic acids is 3. The number of rotatable bonds is 6. The highest BCUT2D eigenvalue weighted by Gasteiger charge is 2.69. The zero-order chi connectivity index (χ0) is 18.8. The third-order valence-corrected chi connectivity index (χ3v) is 6.50. The van der Waals surface area contributed by atoms with Crippen LogP contribution in [0.4, 0.5) is 0 Å². The van der Waals surface area contributed by atoms with Crippen LogP contribution in [0.15, 0.2) is 12.2 Å². The number of Topliss-reactive ketones (excluding diaryl/α,β-unsaturated/α-hetero) is 2. The van der Waals surface area contributed by atoms with Crippen molar-refractivity contribution in [3.05, 3.63) is 12.2 Å². The Kier molecular flexibility index (Phi) is 4.12. The SMILES string of the molecule is CCOC(C)(C)OC(C)OC(=O)C1CC2C(=O)C1C1C3C=CC(C3=O)C21. The van der Waals surface area contributed by atoms with Crippen LogP contribution in [0, 0.1) is 41.4 Å². The summed E-state index contributed by atoms with van der Waals surface area (Å²) in [5, 5.41) is 0. The number of esters is 1. The minimum Gasteiger partial charge on any atom is -0.436 e. The molecule has 8 atom stereocenters. The molecule has 4 bridgehead atoms. The lowest BCUT2D eigenvalue weighted by molar-refractivity contribution is -0.281. The summed E-state index contributed by atoms with van der Waals surface area (Å²) in [4.78, 5) is 37.8. The fraction of sp³-hybridized carbons (Fsp3) is 0.750. The molecular formula is C20H26O6. The Hall–Kier alpha value is -1.53. The third kappa shape index (κ3) is 2.49. The molecule has 0 N–H and O–H groups in total. The minimum atomic E-state index is -0.855. The zero-order valence-corrected chi connectivity index (χ0v) is 15.6. The second-order valence-electron chi connectivity index (χ2n) is 8.33. The summed E-state index contributed by atoms with van der Waals surface area (Å²) in [6.07, 6.45) is 3.62. The highest BCUT2D eigenvalue weighted by molar-refractivity contribution is 6.01. The van der Waals surface area contributed by atoms with Gasteiger partial charge in [-0.05, 0) is 46.0 Å². The summed E-state index contributed by atoms with van der Waals surface area (Å²) in [7, 11) is 0. The van der Waals surface area contributed by atoms with Crippen molar-refractivity contribution in [3.8, 4) is 0 Å². The molecule has 0 aromatic carbocycles. The predicted octanol–water partition coefficient (Wildman–Crippen LogP) is 2.12. The van der Waals surface area contributed by atoms with Crippen LogP contribution < -0.4 is 0 Å². The number of carbonyl (C=O) groups is 3. The predicted molar refractivity (Wildman–Crippen MR) is 90.5 cm³/mol. The maximum atomic E-state index is 12.7. The monoisotopic (exact) mass is 362 g/mol. The topological polar surface area (TPSA) is 78.9 Å². The lowest BCUT2D eigenvalue weighted by Crippen LogP contribution is -2.39. The molecule has 26 heavy (non-hydrogen) atoms. The van der Waals surface area contributed by atoms with Gasteiger partial charge in [0.1, 0.15) is 11.6 Å². The number of allylic oxidation sites excluding steroid dienone is 2. The van der Waals surface area contributed by atoms with E-state index in [1.165, 1.54) is 0 Å². The van der Waals surface area contributed by atoms with Crippen LogP contribution in [-0.2, 0) is 28.6 Å². The van der Waals surface area contributed by atoms with E-state index in [0.29, 0.717) is 13.0 Å². The molecule has 4 rings (SSSR count). The van der Waals surface area contributed by atoms with Crippen LogP contribution in [-0.4, -0.2) is 36.2 Å². The molecule has 6 nitrogen and oxygen atoms in total. The van der Waals surface area contributed by atoms with Gasteiger partial charge in [0.15, 0.2) is 5.79 Å². The average molecular weight is 362 g/mol. The Bertz CT molecular complexity index is 680. The smallest absolute Gasteiger partial charge is 0.311 e. The summed E-state index contributed by atoms with van der Waals surface area (Å²) >= 11 is 0. The Labute approximate surface area is 153 Å². The molecule has 3 fully saturated rings. The molecule has 0 spiro atoms. The minimum absolute atomic E-state index is 0.0163. The fourth-order valence-corrected chi connectivity index (χ4v) is 5.83. The molecule has 0 aromatic heterocycles. The molecule has 8 unspecified atom stereocenters. The Balaban J connectivity index is 1.44. The van der Waals surface area contributed by atoms with Gasteiger partial charge < -0.3 is 14.2 Å². The van der Waals surface area contributed by atoms with Crippen molar-refractivity contribution < 1.29 is 28.6 Å². The fourth-order valence-electron chi connectivity index (χ4n) is 5.83. The quantitative estimate of drug-likeness (QED) is 0.312. The molecule has 0 aliphatic heterocycles. The summed E-state index contributed by atoms with van der Waals surface area (Å²) < 4.78 is 16.6. The van der Waals surface area contributed by atoms with Crippen LogP contribution in [0.5, 0.6) is 0 Å². The number of hydrogen-bond donors (Lipinski definition) is 0. The second kappa shape index (κ2) is 5.99. The van der Waals surface area contributed by atoms with Gasteiger partial charge in [-0.2, -0.15) is 0 Å². The van der Waals surface area contributed by atoms with E-state index in [2.05, 4.69) is 0 Å². The lowest BCUT2D eigenvalue weighted by Gasteiger charge is -2.34. The molecule has 4 aliphatic carbocycles. The van der Waals surface area contributed by atoms with E-state index in [1.807, 2.05) is 19.1 Å². The molecule has 142 valence electrons. The van der Waals surface area contributed by atoms with E-state index in [1.54, 1.807) is 20.8 Å². The molecule has 4 aliphatic rings. The van der Waals surface area contributed by atoms with Crippen molar-refractivity contribution in [3.63, 3.8) is 0 Å². The normalized spacial score (nSPS) is 41.0. The van der Waals surface area contributed by atoms with Gasteiger partial charge in [0.05, 0.1) is 5.92 Å². The van der Waals surface area contributed by atoms with Gasteiger partial charge in [0, 0.05) is 30.3 Å². The van der Waals surface area contributed by atoms with Gasteiger partial charge in [0.25, 0.3) is 0 Å². The van der Waals surface area contributed by atoms with Gasteiger partial charge in [-0.1, -0.05) is 12.2 Å². The van der Waals surface area contributed by atoms with Crippen LogP contribution in [0.1, 0.15) is 34.1 Å². The molecule has 3 saturated carbocycles. The van der Waals surface area contributed by atoms with Crippen molar-refractivity contribution in [1.29, 1.82) is 0 Å². The Morgan fingerprint density at radius 3 is 2.50 bits per heavy atom. The molecule has 0 radical (unpaired) electrons. The van der Waals surface area contributed by atoms with E-state index in [9.17, 15) is 14.4 Å². The van der Waals surface area contributed by atoms with Crippen LogP contribution in [0.3, 0.4) is 0 Å². The largest absolute Gasteiger partial charge is 0.436 e. The van der Waals surface area contributed by atoms with Crippen molar-refractivity contribution in [2.45, 2.75) is 46.2 Å². The third-order valence-electron chi connectivity index (χ3n) is 6.50. The van der Waals surface area contributed by atoms with Crippen molar-refractivity contribution in [1.82, 2.24) is 0 Å². The lowest BCUT2D eigenvalue weighted by atomic mass is 9.69. The molecule has 0 heterocycles. The van der Waals surface area contributed by atoms with E-state index < -0.39 is 24.0 Å². The van der Waals surface area contributed by atoms with Crippen LogP contribution in [0.2, 0.25) is 0 Å². The van der Waals surface area contributed by atoms with Gasteiger partial charge in [-0.3, -0.25) is 14.4 Å². The van der Waals surface area contributed by atoms with Gasteiger partial charge in [-0.15, -0.1) is 0 Å². The molecule has 6 heteroatoms. The van der Waals surface area contributed by atoms with Crippen molar-refractivity contribution in [2.24, 2.45) is 41.4 Å². The summed E-state index contributed by atoms with van der Waals surface area (Å²) in [5.41, 5.74) is 0. The maximum absolute atomic E-state index is 12.7. The number of ketones is 2. The first-order valence-electron chi connectivity index (χ1n) is 9.53. The summed E-state index contributed by atoms with van der Waals surface area (Å²) in [6.45, 7) is 7.53. The summed E-state index contributed by atoms with van der Waals surface area (Å²) in [6, 6.07) is 0. The second-order valence-corrected chi connectivity index (χ2v) is 8.33. The molecular weight excluding hydrogens is 336 g/mol. The first-order valence-corrected chi connectivity index (χ1v) is 9.53. The molecule has 0 aromatic rings. The Morgan fingerprint density at radius 2 is 1.85 bits per heavy atom. The average Bonchev–Trinajstić information content (AvgIpc) is 3.23. The molecule has 0 saturated heterocycles.